The summed E-state index contributed by atoms with van der Waals surface area (Å²) in [6.45, 7) is 0. The molecule has 82 valence electrons. The molecule has 0 saturated heterocycles. The topological polar surface area (TPSA) is 25.8 Å². The molecule has 0 amide bonds. The molecular weight excluding hydrogens is 284 g/mol. The maximum absolute atomic E-state index is 4.74. The fourth-order valence-corrected chi connectivity index (χ4v) is 3.34. The molecule has 0 atom stereocenters. The van der Waals surface area contributed by atoms with Gasteiger partial charge in [-0.15, -0.1) is 11.3 Å². The second-order valence-electron chi connectivity index (χ2n) is 3.95. The summed E-state index contributed by atoms with van der Waals surface area (Å²) in [7, 11) is 0. The van der Waals surface area contributed by atoms with Crippen molar-refractivity contribution in [1.82, 2.24) is 9.97 Å². The zero-order valence-corrected chi connectivity index (χ0v) is 11.1. The van der Waals surface area contributed by atoms with Gasteiger partial charge in [0, 0.05) is 22.3 Å². The number of hydrogen-bond acceptors (Lipinski definition) is 3. The van der Waals surface area contributed by atoms with Gasteiger partial charge in [0.2, 0.25) is 0 Å². The zero-order chi connectivity index (χ0) is 11.0. The first-order valence-electron chi connectivity index (χ1n) is 5.35. The zero-order valence-electron chi connectivity index (χ0n) is 8.69. The number of alkyl halides is 1. The number of pyridine rings is 1. The average Bonchev–Trinajstić information content (AvgIpc) is 3.10. The summed E-state index contributed by atoms with van der Waals surface area (Å²) in [5.74, 6) is 0.710. The Kier molecular flexibility index (Phi) is 2.77. The first-order valence-corrected chi connectivity index (χ1v) is 7.29. The molecule has 0 radical (unpaired) electrons. The molecule has 2 heterocycles. The van der Waals surface area contributed by atoms with Crippen LogP contribution in [-0.4, -0.2) is 9.97 Å². The maximum atomic E-state index is 4.74. The Morgan fingerprint density at radius 2 is 2.25 bits per heavy atom. The van der Waals surface area contributed by atoms with Crippen molar-refractivity contribution in [3.05, 3.63) is 35.0 Å². The summed E-state index contributed by atoms with van der Waals surface area (Å²) in [6.07, 6.45) is 4.41. The molecule has 1 saturated carbocycles. The Morgan fingerprint density at radius 3 is 2.88 bits per heavy atom. The van der Waals surface area contributed by atoms with Crippen LogP contribution < -0.4 is 0 Å². The van der Waals surface area contributed by atoms with Crippen molar-refractivity contribution >= 4 is 27.3 Å². The lowest BCUT2D eigenvalue weighted by atomic mass is 10.2. The third kappa shape index (κ3) is 1.92. The van der Waals surface area contributed by atoms with Gasteiger partial charge in [0.1, 0.15) is 5.01 Å². The second kappa shape index (κ2) is 4.26. The minimum absolute atomic E-state index is 0.710. The highest BCUT2D eigenvalue weighted by atomic mass is 79.9. The van der Waals surface area contributed by atoms with E-state index in [4.69, 9.17) is 4.98 Å². The highest BCUT2D eigenvalue weighted by Crippen LogP contribution is 2.44. The molecule has 1 aliphatic rings. The van der Waals surface area contributed by atoms with Gasteiger partial charge in [-0.25, -0.2) is 4.98 Å². The van der Waals surface area contributed by atoms with Gasteiger partial charge in [-0.05, 0) is 25.0 Å². The van der Waals surface area contributed by atoms with Gasteiger partial charge in [-0.1, -0.05) is 22.0 Å². The van der Waals surface area contributed by atoms with Gasteiger partial charge in [0.15, 0.2) is 0 Å². The smallest absolute Gasteiger partial charge is 0.142 e. The van der Waals surface area contributed by atoms with E-state index >= 15 is 0 Å². The number of thiazole rings is 1. The number of hydrogen-bond donors (Lipinski definition) is 0. The van der Waals surface area contributed by atoms with Crippen LogP contribution in [0, 0.1) is 0 Å². The van der Waals surface area contributed by atoms with Gasteiger partial charge < -0.3 is 0 Å². The van der Waals surface area contributed by atoms with Crippen molar-refractivity contribution in [1.29, 1.82) is 0 Å². The predicted molar refractivity (Wildman–Crippen MR) is 70.0 cm³/mol. The van der Waals surface area contributed by atoms with Gasteiger partial charge in [-0.3, -0.25) is 4.98 Å². The third-order valence-corrected chi connectivity index (χ3v) is 4.72. The van der Waals surface area contributed by atoms with Crippen molar-refractivity contribution in [3.63, 3.8) is 0 Å². The maximum Gasteiger partial charge on any atom is 0.142 e. The van der Waals surface area contributed by atoms with E-state index in [1.165, 1.54) is 23.4 Å². The SMILES string of the molecule is BrCc1sc(-c2ccccn2)nc1C1CC1. The fourth-order valence-electron chi connectivity index (χ4n) is 1.73. The van der Waals surface area contributed by atoms with E-state index in [-0.39, 0.29) is 0 Å². The minimum atomic E-state index is 0.710. The normalized spacial score (nSPS) is 15.3. The van der Waals surface area contributed by atoms with Crippen LogP contribution in [-0.2, 0) is 5.33 Å². The van der Waals surface area contributed by atoms with Crippen LogP contribution in [0.4, 0.5) is 0 Å². The van der Waals surface area contributed by atoms with E-state index in [2.05, 4.69) is 20.9 Å². The van der Waals surface area contributed by atoms with Crippen molar-refractivity contribution in [2.45, 2.75) is 24.1 Å². The summed E-state index contributed by atoms with van der Waals surface area (Å²) in [6, 6.07) is 5.96. The van der Waals surface area contributed by atoms with Crippen molar-refractivity contribution < 1.29 is 0 Å². The van der Waals surface area contributed by atoms with Crippen molar-refractivity contribution in [3.8, 4) is 10.7 Å². The molecule has 0 unspecified atom stereocenters. The van der Waals surface area contributed by atoms with Crippen molar-refractivity contribution in [2.75, 3.05) is 0 Å². The van der Waals surface area contributed by atoms with Crippen LogP contribution in [0.5, 0.6) is 0 Å². The summed E-state index contributed by atoms with van der Waals surface area (Å²) in [5.41, 5.74) is 2.28. The van der Waals surface area contributed by atoms with Gasteiger partial charge in [0.25, 0.3) is 0 Å². The second-order valence-corrected chi connectivity index (χ2v) is 5.59. The first kappa shape index (κ1) is 10.4. The summed E-state index contributed by atoms with van der Waals surface area (Å²) >= 11 is 5.30. The quantitative estimate of drug-likeness (QED) is 0.800. The molecular formula is C12H11BrN2S. The number of aromatic nitrogens is 2. The lowest BCUT2D eigenvalue weighted by Crippen LogP contribution is -1.85. The molecule has 2 aromatic rings. The number of halogens is 1. The van der Waals surface area contributed by atoms with Crippen LogP contribution in [0.3, 0.4) is 0 Å². The highest BCUT2D eigenvalue weighted by molar-refractivity contribution is 9.08. The summed E-state index contributed by atoms with van der Waals surface area (Å²) < 4.78 is 0. The molecule has 0 N–H and O–H groups in total. The Bertz CT molecular complexity index is 491. The fraction of sp³-hybridized carbons (Fsp3) is 0.333. The van der Waals surface area contributed by atoms with Gasteiger partial charge in [-0.2, -0.15) is 0 Å². The summed E-state index contributed by atoms with van der Waals surface area (Å²) in [5, 5.41) is 1.96. The number of nitrogens with zero attached hydrogens (tertiary/aromatic N) is 2. The van der Waals surface area contributed by atoms with E-state index in [0.717, 1.165) is 16.0 Å². The Balaban J connectivity index is 2.02. The largest absolute Gasteiger partial charge is 0.254 e. The Labute approximate surface area is 107 Å². The lowest BCUT2D eigenvalue weighted by molar-refractivity contribution is 1.03. The molecule has 4 heteroatoms. The Hall–Kier alpha value is -0.740. The van der Waals surface area contributed by atoms with Crippen LogP contribution in [0.2, 0.25) is 0 Å². The van der Waals surface area contributed by atoms with Crippen LogP contribution in [0.15, 0.2) is 24.4 Å². The third-order valence-electron chi connectivity index (χ3n) is 2.70. The molecule has 2 nitrogen and oxygen atoms in total. The molecule has 1 fully saturated rings. The van der Waals surface area contributed by atoms with Crippen LogP contribution in [0.25, 0.3) is 10.7 Å². The van der Waals surface area contributed by atoms with Crippen molar-refractivity contribution in [2.24, 2.45) is 0 Å². The van der Waals surface area contributed by atoms with Crippen LogP contribution >= 0.6 is 27.3 Å². The van der Waals surface area contributed by atoms with Gasteiger partial charge in [0.05, 0.1) is 11.4 Å². The lowest BCUT2D eigenvalue weighted by Gasteiger charge is -1.93. The molecule has 0 aliphatic heterocycles. The van der Waals surface area contributed by atoms with E-state index in [1.807, 2.05) is 24.4 Å². The monoisotopic (exact) mass is 294 g/mol. The molecule has 2 aromatic heterocycles. The van der Waals surface area contributed by atoms with Crippen LogP contribution in [0.1, 0.15) is 29.3 Å². The molecule has 3 rings (SSSR count). The first-order chi connectivity index (χ1) is 7.88. The molecule has 16 heavy (non-hydrogen) atoms. The number of rotatable bonds is 3. The Morgan fingerprint density at radius 1 is 1.38 bits per heavy atom. The van der Waals surface area contributed by atoms with E-state index in [0.29, 0.717) is 5.92 Å². The molecule has 0 aromatic carbocycles. The summed E-state index contributed by atoms with van der Waals surface area (Å²) in [4.78, 5) is 10.5. The highest BCUT2D eigenvalue weighted by Gasteiger charge is 2.29. The predicted octanol–water partition coefficient (Wildman–Crippen LogP) is 3.98. The standard InChI is InChI=1S/C12H11BrN2S/c13-7-10-11(8-4-5-8)15-12(16-10)9-3-1-2-6-14-9/h1-3,6,8H,4-5,7H2. The molecule has 0 spiro atoms. The molecule has 0 bridgehead atoms. The van der Waals surface area contributed by atoms with E-state index in [9.17, 15) is 0 Å². The average molecular weight is 295 g/mol. The minimum Gasteiger partial charge on any atom is -0.254 e. The van der Waals surface area contributed by atoms with Gasteiger partial charge >= 0.3 is 0 Å². The van der Waals surface area contributed by atoms with E-state index < -0.39 is 0 Å². The molecule has 1 aliphatic carbocycles. The van der Waals surface area contributed by atoms with E-state index in [1.54, 1.807) is 11.3 Å².